The van der Waals surface area contributed by atoms with Crippen molar-refractivity contribution in [1.82, 2.24) is 4.90 Å². The molecule has 10 heteroatoms. The third kappa shape index (κ3) is 2.85. The molecule has 0 unspecified atom stereocenters. The summed E-state index contributed by atoms with van der Waals surface area (Å²) < 4.78 is 0. The molecule has 116 valence electrons. The first-order chi connectivity index (χ1) is 10.3. The number of hydrogen-bond acceptors (Lipinski definition) is 7. The Morgan fingerprint density at radius 3 is 2.64 bits per heavy atom. The Bertz CT molecular complexity index is 702. The van der Waals surface area contributed by atoms with E-state index < -0.39 is 34.8 Å². The number of carbonyl (C=O) groups is 2. The lowest BCUT2D eigenvalue weighted by molar-refractivity contribution is -0.384. The molecule has 0 atom stereocenters. The smallest absolute Gasteiger partial charge is 0.277 e. The number of anilines is 1. The van der Waals surface area contributed by atoms with Crippen LogP contribution in [0.3, 0.4) is 0 Å². The van der Waals surface area contributed by atoms with Gasteiger partial charge in [-0.1, -0.05) is 11.6 Å². The van der Waals surface area contributed by atoms with Gasteiger partial charge in [0.2, 0.25) is 0 Å². The quantitative estimate of drug-likeness (QED) is 0.312. The number of imide groups is 1. The number of nitro benzene ring substituents is 1. The highest BCUT2D eigenvalue weighted by atomic mass is 35.5. The highest BCUT2D eigenvalue weighted by molar-refractivity contribution is 6.32. The van der Waals surface area contributed by atoms with Crippen molar-refractivity contribution in [2.75, 3.05) is 18.5 Å². The van der Waals surface area contributed by atoms with E-state index in [0.717, 1.165) is 23.1 Å². The number of aromatic hydroxyl groups is 1. The van der Waals surface area contributed by atoms with Crippen LogP contribution in [0.2, 0.25) is 5.02 Å². The first kappa shape index (κ1) is 15.7. The topological polar surface area (TPSA) is 133 Å². The van der Waals surface area contributed by atoms with Gasteiger partial charge in [-0.25, -0.2) is 0 Å². The van der Waals surface area contributed by atoms with Gasteiger partial charge in [0.1, 0.15) is 5.70 Å². The molecule has 1 aromatic carbocycles. The molecule has 9 nitrogen and oxygen atoms in total. The van der Waals surface area contributed by atoms with E-state index >= 15 is 0 Å². The van der Waals surface area contributed by atoms with Gasteiger partial charge in [-0.15, -0.1) is 0 Å². The molecule has 22 heavy (non-hydrogen) atoms. The lowest BCUT2D eigenvalue weighted by Crippen LogP contribution is -2.34. The highest BCUT2D eigenvalue weighted by Gasteiger charge is 2.31. The number of nitro groups is 1. The maximum atomic E-state index is 11.9. The van der Waals surface area contributed by atoms with Crippen LogP contribution in [0.15, 0.2) is 23.9 Å². The molecule has 0 saturated carbocycles. The van der Waals surface area contributed by atoms with Gasteiger partial charge in [0.05, 0.1) is 28.8 Å². The molecule has 1 heterocycles. The molecule has 0 saturated heterocycles. The molecule has 0 bridgehead atoms. The predicted molar refractivity (Wildman–Crippen MR) is 75.3 cm³/mol. The van der Waals surface area contributed by atoms with Crippen LogP contribution in [0.1, 0.15) is 0 Å². The fraction of sp³-hybridized carbons (Fsp3) is 0.167. The molecule has 3 N–H and O–H groups in total. The van der Waals surface area contributed by atoms with Crippen molar-refractivity contribution in [2.45, 2.75) is 0 Å². The molecule has 0 spiro atoms. The second-order valence-electron chi connectivity index (χ2n) is 4.28. The zero-order valence-corrected chi connectivity index (χ0v) is 11.7. The molecule has 2 rings (SSSR count). The van der Waals surface area contributed by atoms with E-state index in [4.69, 9.17) is 16.7 Å². The predicted octanol–water partition coefficient (Wildman–Crippen LogP) is 0.611. The molecule has 1 aliphatic heterocycles. The first-order valence-electron chi connectivity index (χ1n) is 5.97. The Labute approximate surface area is 128 Å². The number of amides is 2. The number of rotatable bonds is 5. The third-order valence-electron chi connectivity index (χ3n) is 2.86. The largest absolute Gasteiger partial charge is 0.504 e. The number of hydrogen-bond donors (Lipinski definition) is 3. The number of halogens is 1. The number of non-ortho nitro benzene ring substituents is 1. The maximum Gasteiger partial charge on any atom is 0.277 e. The lowest BCUT2D eigenvalue weighted by atomic mass is 10.2. The number of phenolic OH excluding ortho intramolecular Hbond substituents is 1. The Hall–Kier alpha value is -2.65. The van der Waals surface area contributed by atoms with Crippen LogP contribution in [0.5, 0.6) is 5.75 Å². The molecule has 1 aromatic rings. The lowest BCUT2D eigenvalue weighted by Gasteiger charge is -2.14. The number of benzene rings is 1. The highest BCUT2D eigenvalue weighted by Crippen LogP contribution is 2.37. The molecule has 0 radical (unpaired) electrons. The summed E-state index contributed by atoms with van der Waals surface area (Å²) in [5.41, 5.74) is -0.766. The van der Waals surface area contributed by atoms with Crippen molar-refractivity contribution < 1.29 is 24.7 Å². The second-order valence-corrected chi connectivity index (χ2v) is 4.69. The van der Waals surface area contributed by atoms with Gasteiger partial charge in [0, 0.05) is 18.2 Å². The number of aliphatic hydroxyl groups is 1. The van der Waals surface area contributed by atoms with Gasteiger partial charge < -0.3 is 15.5 Å². The van der Waals surface area contributed by atoms with Crippen LogP contribution < -0.4 is 5.32 Å². The average molecular weight is 328 g/mol. The van der Waals surface area contributed by atoms with E-state index in [-0.39, 0.29) is 23.0 Å². The Morgan fingerprint density at radius 2 is 2.05 bits per heavy atom. The van der Waals surface area contributed by atoms with E-state index in [2.05, 4.69) is 5.32 Å². The summed E-state index contributed by atoms with van der Waals surface area (Å²) >= 11 is 5.68. The molecule has 1 aliphatic rings. The van der Waals surface area contributed by atoms with Crippen LogP contribution in [0.25, 0.3) is 0 Å². The molecular weight excluding hydrogens is 318 g/mol. The van der Waals surface area contributed by atoms with E-state index in [1.807, 2.05) is 0 Å². The van der Waals surface area contributed by atoms with Crippen molar-refractivity contribution in [1.29, 1.82) is 0 Å². The zero-order chi connectivity index (χ0) is 16.4. The van der Waals surface area contributed by atoms with Crippen molar-refractivity contribution in [2.24, 2.45) is 0 Å². The van der Waals surface area contributed by atoms with Crippen molar-refractivity contribution >= 4 is 34.8 Å². The zero-order valence-electron chi connectivity index (χ0n) is 10.9. The average Bonchev–Trinajstić information content (AvgIpc) is 2.71. The monoisotopic (exact) mass is 327 g/mol. The van der Waals surface area contributed by atoms with Gasteiger partial charge >= 0.3 is 0 Å². The summed E-state index contributed by atoms with van der Waals surface area (Å²) in [6.45, 7) is -0.576. The van der Waals surface area contributed by atoms with Crippen LogP contribution >= 0.6 is 11.6 Å². The second kappa shape index (κ2) is 6.00. The number of nitrogens with one attached hydrogen (secondary N) is 1. The number of β-amino-alcohol motifs (C(OH)–C–C–N with tert-alkyl or cyclic N) is 1. The number of aliphatic hydroxyl groups excluding tert-OH is 1. The molecule has 0 fully saturated rings. The number of phenols is 1. The van der Waals surface area contributed by atoms with Crippen LogP contribution in [0.4, 0.5) is 11.4 Å². The Kier molecular flexibility index (Phi) is 4.29. The van der Waals surface area contributed by atoms with Gasteiger partial charge in [0.25, 0.3) is 17.5 Å². The van der Waals surface area contributed by atoms with E-state index in [1.54, 1.807) is 0 Å². The first-order valence-corrected chi connectivity index (χ1v) is 6.35. The molecule has 0 aliphatic carbocycles. The normalized spacial score (nSPS) is 14.3. The van der Waals surface area contributed by atoms with Gasteiger partial charge in [0.15, 0.2) is 5.75 Å². The van der Waals surface area contributed by atoms with Crippen LogP contribution in [-0.4, -0.2) is 45.0 Å². The van der Waals surface area contributed by atoms with Gasteiger partial charge in [-0.3, -0.25) is 24.6 Å². The fourth-order valence-electron chi connectivity index (χ4n) is 1.84. The summed E-state index contributed by atoms with van der Waals surface area (Å²) in [5, 5.41) is 31.5. The van der Waals surface area contributed by atoms with E-state index in [0.29, 0.717) is 0 Å². The van der Waals surface area contributed by atoms with E-state index in [9.17, 15) is 24.8 Å². The minimum atomic E-state index is -0.721. The van der Waals surface area contributed by atoms with Crippen molar-refractivity contribution in [3.8, 4) is 5.75 Å². The van der Waals surface area contributed by atoms with Crippen molar-refractivity contribution in [3.05, 3.63) is 39.0 Å². The Morgan fingerprint density at radius 1 is 1.36 bits per heavy atom. The maximum absolute atomic E-state index is 11.9. The SMILES string of the molecule is O=C1C=C(Nc2cc([N+](=O)[O-])cc(Cl)c2O)C(=O)N1CCO. The minimum absolute atomic E-state index is 0.180. The fourth-order valence-corrected chi connectivity index (χ4v) is 2.05. The van der Waals surface area contributed by atoms with Gasteiger partial charge in [-0.2, -0.15) is 0 Å². The van der Waals surface area contributed by atoms with E-state index in [1.165, 1.54) is 0 Å². The summed E-state index contributed by atoms with van der Waals surface area (Å²) in [4.78, 5) is 34.4. The standard InChI is InChI=1S/C12H10ClN3O6/c13-7-3-6(16(21)22)4-8(11(7)19)14-9-5-10(18)15(1-2-17)12(9)20/h3-5,14,17,19H,1-2H2. The Balaban J connectivity index is 2.32. The molecule has 0 aromatic heterocycles. The number of nitrogens with zero attached hydrogens (tertiary/aromatic N) is 2. The minimum Gasteiger partial charge on any atom is -0.504 e. The molecule has 2 amide bonds. The summed E-state index contributed by atoms with van der Waals surface area (Å²) in [6, 6.07) is 1.94. The molecular formula is C12H10ClN3O6. The number of carbonyl (C=O) groups excluding carboxylic acids is 2. The van der Waals surface area contributed by atoms with Crippen LogP contribution in [0, 0.1) is 10.1 Å². The summed E-state index contributed by atoms with van der Waals surface area (Å²) in [7, 11) is 0. The third-order valence-corrected chi connectivity index (χ3v) is 3.15. The van der Waals surface area contributed by atoms with Crippen LogP contribution in [-0.2, 0) is 9.59 Å². The van der Waals surface area contributed by atoms with Crippen molar-refractivity contribution in [3.63, 3.8) is 0 Å². The van der Waals surface area contributed by atoms with Gasteiger partial charge in [-0.05, 0) is 0 Å². The summed E-state index contributed by atoms with van der Waals surface area (Å²) in [6.07, 6.45) is 0.962. The summed E-state index contributed by atoms with van der Waals surface area (Å²) in [5.74, 6) is -1.85.